The lowest BCUT2D eigenvalue weighted by molar-refractivity contribution is -0.660. The third kappa shape index (κ3) is 16.1. The first-order valence-corrected chi connectivity index (χ1v) is 64.7. The highest BCUT2D eigenvalue weighted by Crippen LogP contribution is 2.57. The van der Waals surface area contributed by atoms with Crippen molar-refractivity contribution < 1.29 is 34.7 Å². The lowest BCUT2D eigenvalue weighted by Crippen LogP contribution is -2.67. The van der Waals surface area contributed by atoms with Gasteiger partial charge in [0.2, 0.25) is 22.8 Å². The molecule has 4 nitrogen and oxygen atoms in total. The maximum Gasteiger partial charge on any atom is 0.213 e. The van der Waals surface area contributed by atoms with Gasteiger partial charge >= 0.3 is 0 Å². The lowest BCUT2D eigenvalue weighted by atomic mass is 9.64. The molecule has 0 unspecified atom stereocenters. The van der Waals surface area contributed by atoms with Crippen LogP contribution in [0.1, 0.15) is 227 Å². The summed E-state index contributed by atoms with van der Waals surface area (Å²) < 4.78 is 109. The van der Waals surface area contributed by atoms with Crippen molar-refractivity contribution >= 4 is 73.8 Å². The Morgan fingerprint density at radius 3 is 0.755 bits per heavy atom. The maximum atomic E-state index is 8.54. The molecule has 12 aromatic carbocycles. The van der Waals surface area contributed by atoms with Gasteiger partial charge in [-0.1, -0.05) is 389 Å². The predicted octanol–water partition coefficient (Wildman–Crippen LogP) is 26.8. The van der Waals surface area contributed by atoms with Crippen molar-refractivity contribution in [1.82, 2.24) is 0 Å². The van der Waals surface area contributed by atoms with Crippen LogP contribution in [-0.2, 0) is 49.9 Å². The van der Waals surface area contributed by atoms with Gasteiger partial charge in [-0.3, -0.25) is 0 Å². The van der Waals surface area contributed by atoms with Gasteiger partial charge in [-0.25, -0.2) is 18.3 Å². The van der Waals surface area contributed by atoms with Crippen molar-refractivity contribution in [2.45, 2.75) is 250 Å². The Balaban J connectivity index is 0.000000116. The lowest BCUT2D eigenvalue weighted by Gasteiger charge is -2.51. The summed E-state index contributed by atoms with van der Waals surface area (Å²) in [7, 11) is 0.173. The second kappa shape index (κ2) is 37.3. The molecule has 5 aliphatic heterocycles. The van der Waals surface area contributed by atoms with E-state index in [1.165, 1.54) is 167 Å². The molecule has 9 heterocycles. The topological polar surface area (TPSA) is 15.5 Å². The summed E-state index contributed by atoms with van der Waals surface area (Å²) in [6.07, 6.45) is 30.8. The molecule has 4 saturated carbocycles. The van der Waals surface area contributed by atoms with E-state index in [9.17, 15) is 0 Å². The van der Waals surface area contributed by atoms with Crippen LogP contribution in [0.4, 0.5) is 0 Å². The maximum absolute atomic E-state index is 8.54. The average molecular weight is 1950 g/mol. The first kappa shape index (κ1) is 82.4. The minimum absolute atomic E-state index is 0.0150. The van der Waals surface area contributed by atoms with Gasteiger partial charge < -0.3 is 0 Å². The molecule has 9 aliphatic rings. The monoisotopic (exact) mass is 1950 g/mol. The molecule has 0 amide bonds. The molecule has 1 saturated heterocycles. The Morgan fingerprint density at radius 1 is 0.210 bits per heavy atom. The number of hydrogen-bond acceptors (Lipinski definition) is 0. The number of hydrogen-bond donors (Lipinski definition) is 0. The van der Waals surface area contributed by atoms with E-state index >= 15 is 0 Å². The van der Waals surface area contributed by atoms with Crippen LogP contribution in [0.2, 0.25) is 51.4 Å². The zero-order valence-corrected chi connectivity index (χ0v) is 90.7. The van der Waals surface area contributed by atoms with Crippen molar-refractivity contribution in [2.75, 3.05) is 0 Å². The molecular formula is C135H148N4Si4+4. The third-order valence-electron chi connectivity index (χ3n) is 36.3. The smallest absolute Gasteiger partial charge is 0.201 e. The van der Waals surface area contributed by atoms with Gasteiger partial charge in [-0.05, 0) is 259 Å². The second-order valence-electron chi connectivity index (χ2n) is 45.5. The fourth-order valence-electron chi connectivity index (χ4n) is 28.6. The number of nitrogens with zero attached hydrogens (tertiary/aromatic N) is 4. The Bertz CT molecular complexity index is 8230. The largest absolute Gasteiger partial charge is 0.213 e. The van der Waals surface area contributed by atoms with E-state index in [0.29, 0.717) is 22.3 Å². The molecular weight excluding hydrogens is 1790 g/mol. The minimum Gasteiger partial charge on any atom is -0.201 e. The molecule has 5 fully saturated rings. The van der Waals surface area contributed by atoms with Crippen LogP contribution in [0, 0.1) is 55.1 Å². The first-order valence-electron chi connectivity index (χ1n) is 59.3. The number of pyridine rings is 4. The Morgan fingerprint density at radius 2 is 0.448 bits per heavy atom. The summed E-state index contributed by atoms with van der Waals surface area (Å²) >= 11 is 0. The van der Waals surface area contributed by atoms with Crippen LogP contribution in [0.25, 0.3) is 89.5 Å². The number of fused-ring (bicyclic) bond motifs is 18. The molecule has 25 rings (SSSR count). The molecule has 4 aromatic heterocycles. The highest BCUT2D eigenvalue weighted by Gasteiger charge is 2.57. The van der Waals surface area contributed by atoms with Gasteiger partial charge in [0.25, 0.3) is 0 Å². The van der Waals surface area contributed by atoms with Gasteiger partial charge in [0.05, 0.1) is 0 Å². The molecule has 4 aliphatic carbocycles. The Labute approximate surface area is 875 Å². The summed E-state index contributed by atoms with van der Waals surface area (Å²) in [6, 6.07) is 109. The van der Waals surface area contributed by atoms with Crippen molar-refractivity contribution in [3.8, 4) is 89.5 Å². The van der Waals surface area contributed by atoms with Crippen LogP contribution < -0.4 is 59.8 Å². The summed E-state index contributed by atoms with van der Waals surface area (Å²) in [6.45, 7) is 14.4. The zero-order chi connectivity index (χ0) is 109. The van der Waals surface area contributed by atoms with E-state index in [2.05, 4.69) is 328 Å². The van der Waals surface area contributed by atoms with Crippen molar-refractivity contribution in [1.29, 1.82) is 0 Å². The van der Waals surface area contributed by atoms with E-state index in [1.54, 1.807) is 37.1 Å². The average Bonchev–Trinajstić information content (AvgIpc) is 0.744. The zero-order valence-electron chi connectivity index (χ0n) is 98.7. The number of aryl methyl sites for hydroxylation is 12. The fraction of sp³-hybridized carbons (Fsp3) is 0.319. The number of rotatable bonds is 8. The van der Waals surface area contributed by atoms with Crippen molar-refractivity contribution in [3.05, 3.63) is 405 Å². The SMILES string of the molecule is [2H]C([2H])([2H])c1c[n+](C)c(-c2ccccc2C)cc1-c1ccc2c(c1)C1(CC1)c1ccccc1[Si]2(C)C.[2H]C([2H])([2H])c1c[n+](C)c(-c2ccccc2C)cc1-c1ccc2c(c1)C1(CCCC1)c1ccccc1[Si]2(C)C.[2H]C([2H])([2H])c1c[n+](C)c(-c2ccccc2C)cc1-c1ccc2c(c1)C1(CCCCC1)c1ccccc1[Si]2(C)C.[2H]C([2H])([2H])c1c[n+](C)c(-c2ccccc2C)cc1-c1ccc2c(c1)[Si]1(CCCCC1)c1ccccc1C21CCCCC1. The summed E-state index contributed by atoms with van der Waals surface area (Å²) in [4.78, 5) is 0. The van der Waals surface area contributed by atoms with E-state index in [-0.39, 0.29) is 21.7 Å². The quantitative estimate of drug-likeness (QED) is 0.106. The molecule has 8 heteroatoms. The molecule has 0 bridgehead atoms. The second-order valence-corrected chi connectivity index (χ2v) is 62.8. The Hall–Kier alpha value is -11.9. The van der Waals surface area contributed by atoms with Crippen LogP contribution in [-0.4, -0.2) is 32.3 Å². The molecule has 16 aromatic rings. The normalized spacial score (nSPS) is 19.3. The fourth-order valence-corrected chi connectivity index (χ4v) is 44.3. The standard InChI is InChI=1S/C37H42NSi.C34H38NSi.C33H36NSi.C31H32NSi/c1-27-14-6-7-15-30(27)34-25-31(28(2)26-38(34)3)29-18-19-33-36(24-29)39(22-12-5-13-23-39)35-17-9-8-16-32(35)37(33)20-10-4-11-21-37;1-24-13-7-8-14-27(24)31-22-28(25(2)23-35(31)3)26-17-18-33-30(21-26)34(19-11-6-12-20-34)29-15-9-10-16-32(29)36(33,4)5;1-23-12-6-7-13-26(23)30-21-27(24(2)22-34(30)3)25-16-17-32-29(20-25)33(18-10-11-19-33)28-14-8-9-15-31(28)35(32,4)5;1-21-10-6-7-11-24(21)28-19-25(22(2)20-32(28)3)23-14-15-30-27(18-23)31(16-17-31)26-12-8-9-13-29(26)33(30,4)5/h6-9,14-19,24-26H,4-5,10-13,20-23H2,1-3H3;7-10,13-18,21-23H,6,11-12,19-20H2,1-5H3;6-9,12-17,20-22H,10-11,18-19H2,1-5H3;6-15,18-20H,16-17H2,1-5H3/q4*+1/i4*2D3. The van der Waals surface area contributed by atoms with Gasteiger partial charge in [-0.2, -0.15) is 0 Å². The van der Waals surface area contributed by atoms with Gasteiger partial charge in [0.1, 0.15) is 60.5 Å². The molecule has 5 spiro atoms. The van der Waals surface area contributed by atoms with Crippen LogP contribution in [0.15, 0.2) is 316 Å². The van der Waals surface area contributed by atoms with E-state index < -0.39 is 59.7 Å². The molecule has 0 radical (unpaired) electrons. The van der Waals surface area contributed by atoms with Crippen LogP contribution in [0.5, 0.6) is 0 Å². The van der Waals surface area contributed by atoms with E-state index in [0.717, 1.165) is 128 Å². The Kier molecular flexibility index (Phi) is 21.5. The molecule has 0 N–H and O–H groups in total. The number of aromatic nitrogens is 4. The van der Waals surface area contributed by atoms with Gasteiger partial charge in [0, 0.05) is 107 Å². The van der Waals surface area contributed by atoms with Crippen molar-refractivity contribution in [2.24, 2.45) is 28.2 Å². The third-order valence-corrected chi connectivity index (χ3v) is 52.4. The van der Waals surface area contributed by atoms with Crippen LogP contribution in [0.3, 0.4) is 0 Å². The van der Waals surface area contributed by atoms with E-state index in [1.807, 2.05) is 102 Å². The highest BCUT2D eigenvalue weighted by atomic mass is 28.3. The summed E-state index contributed by atoms with van der Waals surface area (Å²) in [5.74, 6) is 0. The predicted molar refractivity (Wildman–Crippen MR) is 613 cm³/mol. The number of benzene rings is 12. The van der Waals surface area contributed by atoms with Crippen molar-refractivity contribution in [3.63, 3.8) is 0 Å². The van der Waals surface area contributed by atoms with Gasteiger partial charge in [-0.15, -0.1) is 0 Å². The summed E-state index contributed by atoms with van der Waals surface area (Å²) in [5.41, 5.74) is 34.8. The summed E-state index contributed by atoms with van der Waals surface area (Å²) in [5, 5.41) is 12.5. The molecule has 143 heavy (non-hydrogen) atoms. The van der Waals surface area contributed by atoms with Crippen LogP contribution >= 0.6 is 0 Å². The minimum atomic E-state index is -2.21. The van der Waals surface area contributed by atoms with E-state index in [4.69, 9.17) is 16.4 Å². The first-order chi connectivity index (χ1) is 73.9. The molecule has 0 atom stereocenters. The molecule has 720 valence electrons. The van der Waals surface area contributed by atoms with Gasteiger partial charge in [0.15, 0.2) is 24.8 Å². The highest BCUT2D eigenvalue weighted by molar-refractivity contribution is 7.04.